The van der Waals surface area contributed by atoms with Gasteiger partial charge in [-0.15, -0.1) is 11.3 Å². The third-order valence-corrected chi connectivity index (χ3v) is 5.65. The number of amides is 2. The largest absolute Gasteiger partial charge is 0.452 e. The lowest BCUT2D eigenvalue weighted by atomic mass is 10.2. The van der Waals surface area contributed by atoms with Crippen molar-refractivity contribution in [3.05, 3.63) is 58.4 Å². The lowest BCUT2D eigenvalue weighted by Gasteiger charge is -2.34. The van der Waals surface area contributed by atoms with E-state index in [0.29, 0.717) is 36.6 Å². The van der Waals surface area contributed by atoms with Crippen LogP contribution in [0.5, 0.6) is 0 Å². The monoisotopic (exact) mass is 397 g/mol. The van der Waals surface area contributed by atoms with Crippen LogP contribution in [-0.2, 0) is 9.53 Å². The maximum Gasteiger partial charge on any atom is 0.340 e. The molecule has 0 radical (unpaired) electrons. The van der Waals surface area contributed by atoms with Crippen molar-refractivity contribution >= 4 is 40.0 Å². The molecule has 0 saturated carbocycles. The van der Waals surface area contributed by atoms with Crippen molar-refractivity contribution in [1.29, 1.82) is 0 Å². The molecule has 1 aliphatic rings. The summed E-state index contributed by atoms with van der Waals surface area (Å²) in [7, 11) is 0. The minimum Gasteiger partial charge on any atom is -0.452 e. The Balaban J connectivity index is 1.29. The van der Waals surface area contributed by atoms with Gasteiger partial charge in [0.05, 0.1) is 10.4 Å². The lowest BCUT2D eigenvalue weighted by molar-refractivity contribution is -0.136. The number of carbonyl (C=O) groups is 3. The Hall–Kier alpha value is -3.13. The van der Waals surface area contributed by atoms with E-state index >= 15 is 0 Å². The second kappa shape index (κ2) is 7.85. The van der Waals surface area contributed by atoms with Gasteiger partial charge in [-0.25, -0.2) is 4.79 Å². The Kier molecular flexibility index (Phi) is 5.12. The van der Waals surface area contributed by atoms with Crippen LogP contribution in [0.1, 0.15) is 20.0 Å². The van der Waals surface area contributed by atoms with Crippen LogP contribution in [0.2, 0.25) is 0 Å². The number of nitrogens with zero attached hydrogens (tertiary/aromatic N) is 2. The quantitative estimate of drug-likeness (QED) is 0.685. The normalized spacial score (nSPS) is 14.3. The number of aromatic amines is 1. The fraction of sp³-hybridized carbons (Fsp3) is 0.250. The highest BCUT2D eigenvalue weighted by Gasteiger charge is 2.26. The van der Waals surface area contributed by atoms with Crippen molar-refractivity contribution in [3.63, 3.8) is 0 Å². The summed E-state index contributed by atoms with van der Waals surface area (Å²) in [6, 6.07) is 11.1. The first-order chi connectivity index (χ1) is 13.6. The maximum atomic E-state index is 12.4. The van der Waals surface area contributed by atoms with E-state index < -0.39 is 5.97 Å². The molecule has 1 aliphatic heterocycles. The molecule has 4 rings (SSSR count). The van der Waals surface area contributed by atoms with Gasteiger partial charge < -0.3 is 19.5 Å². The van der Waals surface area contributed by atoms with Crippen LogP contribution in [0.4, 0.5) is 0 Å². The number of ether oxygens (including phenoxy) is 1. The van der Waals surface area contributed by atoms with Crippen molar-refractivity contribution in [2.45, 2.75) is 0 Å². The van der Waals surface area contributed by atoms with Gasteiger partial charge in [0.25, 0.3) is 11.8 Å². The number of para-hydroxylation sites is 1. The number of piperazine rings is 1. The molecule has 0 aliphatic carbocycles. The smallest absolute Gasteiger partial charge is 0.340 e. The van der Waals surface area contributed by atoms with Crippen LogP contribution in [0.15, 0.2) is 48.0 Å². The first kappa shape index (κ1) is 18.2. The summed E-state index contributed by atoms with van der Waals surface area (Å²) in [6.07, 6.45) is 1.59. The van der Waals surface area contributed by atoms with Gasteiger partial charge in [0.15, 0.2) is 6.61 Å². The standard InChI is InChI=1S/C20H19N3O4S/c24-18(13-27-20(26)15-12-21-16-5-2-1-4-14(15)16)22-7-9-23(10-8-22)19(25)17-6-3-11-28-17/h1-6,11-12,21H,7-10,13H2. The van der Waals surface area contributed by atoms with Gasteiger partial charge in [0, 0.05) is 43.3 Å². The number of nitrogens with one attached hydrogen (secondary N) is 1. The fourth-order valence-corrected chi connectivity index (χ4v) is 3.94. The Morgan fingerprint density at radius 3 is 2.50 bits per heavy atom. The summed E-state index contributed by atoms with van der Waals surface area (Å²) in [5.41, 5.74) is 1.25. The van der Waals surface area contributed by atoms with Crippen LogP contribution in [-0.4, -0.2) is 65.4 Å². The van der Waals surface area contributed by atoms with Crippen molar-refractivity contribution in [1.82, 2.24) is 14.8 Å². The number of esters is 1. The number of H-pyrrole nitrogens is 1. The summed E-state index contributed by atoms with van der Waals surface area (Å²) in [6.45, 7) is 1.50. The van der Waals surface area contributed by atoms with Crippen LogP contribution < -0.4 is 0 Å². The second-order valence-electron chi connectivity index (χ2n) is 6.47. The predicted molar refractivity (Wildman–Crippen MR) is 105 cm³/mol. The first-order valence-electron chi connectivity index (χ1n) is 8.97. The van der Waals surface area contributed by atoms with E-state index in [1.54, 1.807) is 22.1 Å². The van der Waals surface area contributed by atoms with Crippen LogP contribution >= 0.6 is 11.3 Å². The van der Waals surface area contributed by atoms with E-state index in [4.69, 9.17) is 4.74 Å². The highest BCUT2D eigenvalue weighted by molar-refractivity contribution is 7.12. The van der Waals surface area contributed by atoms with E-state index in [1.807, 2.05) is 35.7 Å². The fourth-order valence-electron chi connectivity index (χ4n) is 3.25. The molecule has 0 bridgehead atoms. The zero-order valence-electron chi connectivity index (χ0n) is 15.1. The zero-order chi connectivity index (χ0) is 19.5. The van der Waals surface area contributed by atoms with Gasteiger partial charge in [-0.2, -0.15) is 0 Å². The highest BCUT2D eigenvalue weighted by atomic mass is 32.1. The van der Waals surface area contributed by atoms with E-state index in [0.717, 1.165) is 10.9 Å². The molecular weight excluding hydrogens is 378 g/mol. The molecule has 3 heterocycles. The van der Waals surface area contributed by atoms with Crippen LogP contribution in [0.25, 0.3) is 10.9 Å². The molecule has 0 atom stereocenters. The van der Waals surface area contributed by atoms with Crippen molar-refractivity contribution in [2.24, 2.45) is 0 Å². The molecule has 1 aromatic carbocycles. The van der Waals surface area contributed by atoms with E-state index in [9.17, 15) is 14.4 Å². The van der Waals surface area contributed by atoms with E-state index in [1.165, 1.54) is 11.3 Å². The molecule has 2 aromatic heterocycles. The summed E-state index contributed by atoms with van der Waals surface area (Å²) in [5.74, 6) is -0.790. The molecule has 2 amide bonds. The minimum atomic E-state index is -0.530. The number of thiophene rings is 1. The summed E-state index contributed by atoms with van der Waals surface area (Å²) >= 11 is 1.41. The lowest BCUT2D eigenvalue weighted by Crippen LogP contribution is -2.51. The molecule has 144 valence electrons. The Labute approximate surface area is 165 Å². The molecule has 1 N–H and O–H groups in total. The van der Waals surface area contributed by atoms with Crippen LogP contribution in [0, 0.1) is 0 Å². The molecule has 7 nitrogen and oxygen atoms in total. The van der Waals surface area contributed by atoms with Gasteiger partial charge in [-0.05, 0) is 17.5 Å². The van der Waals surface area contributed by atoms with Gasteiger partial charge >= 0.3 is 5.97 Å². The maximum absolute atomic E-state index is 12.4. The third kappa shape index (κ3) is 3.63. The van der Waals surface area contributed by atoms with Gasteiger partial charge in [-0.3, -0.25) is 9.59 Å². The molecule has 3 aromatic rings. The van der Waals surface area contributed by atoms with Gasteiger partial charge in [0.1, 0.15) is 0 Å². The zero-order valence-corrected chi connectivity index (χ0v) is 15.9. The Morgan fingerprint density at radius 2 is 1.75 bits per heavy atom. The number of fused-ring (bicyclic) bond motifs is 1. The summed E-state index contributed by atoms with van der Waals surface area (Å²) in [4.78, 5) is 44.1. The van der Waals surface area contributed by atoms with Crippen molar-refractivity contribution < 1.29 is 19.1 Å². The third-order valence-electron chi connectivity index (χ3n) is 4.79. The summed E-state index contributed by atoms with van der Waals surface area (Å²) in [5, 5.41) is 2.63. The molecule has 1 saturated heterocycles. The van der Waals surface area contributed by atoms with E-state index in [2.05, 4.69) is 4.98 Å². The Morgan fingerprint density at radius 1 is 1.00 bits per heavy atom. The SMILES string of the molecule is O=C(OCC(=O)N1CCN(C(=O)c2cccs2)CC1)c1c[nH]c2ccccc12. The molecule has 0 unspecified atom stereocenters. The number of rotatable bonds is 4. The number of benzene rings is 1. The van der Waals surface area contributed by atoms with Crippen LogP contribution in [0.3, 0.4) is 0 Å². The average molecular weight is 397 g/mol. The number of hydrogen-bond donors (Lipinski definition) is 1. The van der Waals surface area contributed by atoms with Gasteiger partial charge in [0.2, 0.25) is 0 Å². The predicted octanol–water partition coefficient (Wildman–Crippen LogP) is 2.37. The Bertz CT molecular complexity index is 1000. The minimum absolute atomic E-state index is 0.00661. The topological polar surface area (TPSA) is 82.7 Å². The highest BCUT2D eigenvalue weighted by Crippen LogP contribution is 2.18. The first-order valence-corrected chi connectivity index (χ1v) is 9.85. The van der Waals surface area contributed by atoms with E-state index in [-0.39, 0.29) is 18.4 Å². The number of hydrogen-bond acceptors (Lipinski definition) is 5. The molecule has 8 heteroatoms. The summed E-state index contributed by atoms with van der Waals surface area (Å²) < 4.78 is 5.21. The molecule has 28 heavy (non-hydrogen) atoms. The van der Waals surface area contributed by atoms with Gasteiger partial charge in [-0.1, -0.05) is 24.3 Å². The average Bonchev–Trinajstić information content (AvgIpc) is 3.41. The second-order valence-corrected chi connectivity index (χ2v) is 7.42. The molecule has 1 fully saturated rings. The van der Waals surface area contributed by atoms with Crippen molar-refractivity contribution in [2.75, 3.05) is 32.8 Å². The molecule has 0 spiro atoms. The molecular formula is C20H19N3O4S. The number of aromatic nitrogens is 1. The van der Waals surface area contributed by atoms with Crippen molar-refractivity contribution in [3.8, 4) is 0 Å². The number of carbonyl (C=O) groups excluding carboxylic acids is 3.